The van der Waals surface area contributed by atoms with Crippen LogP contribution in [0.15, 0.2) is 30.6 Å². The lowest BCUT2D eigenvalue weighted by Gasteiger charge is -2.08. The van der Waals surface area contributed by atoms with Crippen LogP contribution in [0.3, 0.4) is 0 Å². The molecule has 1 heterocycles. The normalized spacial score (nSPS) is 10.2. The van der Waals surface area contributed by atoms with Crippen molar-refractivity contribution in [2.45, 2.75) is 6.54 Å². The highest BCUT2D eigenvalue weighted by molar-refractivity contribution is 5.46. The number of halogens is 2. The van der Waals surface area contributed by atoms with Gasteiger partial charge in [0, 0.05) is 25.2 Å². The Morgan fingerprint density at radius 3 is 2.44 bits per heavy atom. The number of benzene rings is 1. The average molecular weight is 250 g/mol. The van der Waals surface area contributed by atoms with Crippen LogP contribution >= 0.6 is 0 Å². The Hall–Kier alpha value is -2.24. The number of anilines is 2. The van der Waals surface area contributed by atoms with Crippen molar-refractivity contribution in [1.82, 2.24) is 9.97 Å². The van der Waals surface area contributed by atoms with Gasteiger partial charge in [-0.05, 0) is 12.1 Å². The molecule has 0 fully saturated rings. The first-order valence-corrected chi connectivity index (χ1v) is 5.37. The Morgan fingerprint density at radius 2 is 1.78 bits per heavy atom. The number of hydrogen-bond donors (Lipinski definition) is 2. The van der Waals surface area contributed by atoms with Crippen LogP contribution in [0.1, 0.15) is 5.56 Å². The number of nitrogens with one attached hydrogen (secondary N) is 2. The third-order valence-corrected chi connectivity index (χ3v) is 2.43. The summed E-state index contributed by atoms with van der Waals surface area (Å²) in [5.74, 6) is -0.0331. The van der Waals surface area contributed by atoms with Gasteiger partial charge in [-0.1, -0.05) is 6.07 Å². The quantitative estimate of drug-likeness (QED) is 0.874. The van der Waals surface area contributed by atoms with Gasteiger partial charge in [0.2, 0.25) is 0 Å². The van der Waals surface area contributed by atoms with Crippen molar-refractivity contribution in [2.75, 3.05) is 17.7 Å². The van der Waals surface area contributed by atoms with Crippen molar-refractivity contribution in [3.63, 3.8) is 0 Å². The van der Waals surface area contributed by atoms with Gasteiger partial charge in [0.1, 0.15) is 29.6 Å². The summed E-state index contributed by atoms with van der Waals surface area (Å²) in [6.07, 6.45) is 1.37. The van der Waals surface area contributed by atoms with Crippen LogP contribution in [0, 0.1) is 11.6 Å². The molecule has 0 aliphatic heterocycles. The van der Waals surface area contributed by atoms with Crippen molar-refractivity contribution in [2.24, 2.45) is 0 Å². The van der Waals surface area contributed by atoms with Gasteiger partial charge < -0.3 is 10.6 Å². The third kappa shape index (κ3) is 2.71. The van der Waals surface area contributed by atoms with Gasteiger partial charge in [-0.3, -0.25) is 0 Å². The molecule has 0 saturated carbocycles. The van der Waals surface area contributed by atoms with Gasteiger partial charge in [0.25, 0.3) is 0 Å². The monoisotopic (exact) mass is 250 g/mol. The lowest BCUT2D eigenvalue weighted by molar-refractivity contribution is 0.560. The van der Waals surface area contributed by atoms with Crippen LogP contribution in [0.2, 0.25) is 0 Å². The van der Waals surface area contributed by atoms with E-state index in [-0.39, 0.29) is 12.1 Å². The summed E-state index contributed by atoms with van der Waals surface area (Å²) in [5, 5.41) is 5.70. The minimum atomic E-state index is -0.578. The van der Waals surface area contributed by atoms with Crippen molar-refractivity contribution >= 4 is 11.6 Å². The molecule has 0 saturated heterocycles. The molecule has 0 aliphatic carbocycles. The number of rotatable bonds is 4. The highest BCUT2D eigenvalue weighted by Gasteiger charge is 2.08. The molecule has 2 rings (SSSR count). The van der Waals surface area contributed by atoms with Crippen LogP contribution in [0.4, 0.5) is 20.4 Å². The highest BCUT2D eigenvalue weighted by atomic mass is 19.1. The fourth-order valence-electron chi connectivity index (χ4n) is 1.47. The maximum atomic E-state index is 13.4. The second-order valence-corrected chi connectivity index (χ2v) is 3.59. The molecule has 0 bridgehead atoms. The van der Waals surface area contributed by atoms with E-state index in [9.17, 15) is 8.78 Å². The third-order valence-electron chi connectivity index (χ3n) is 2.43. The fraction of sp³-hybridized carbons (Fsp3) is 0.167. The summed E-state index contributed by atoms with van der Waals surface area (Å²) in [5.41, 5.74) is -0.0119. The molecule has 4 nitrogen and oxygen atoms in total. The fourth-order valence-corrected chi connectivity index (χ4v) is 1.47. The molecule has 0 radical (unpaired) electrons. The van der Waals surface area contributed by atoms with Gasteiger partial charge in [-0.2, -0.15) is 0 Å². The van der Waals surface area contributed by atoms with Crippen LogP contribution in [-0.2, 0) is 6.54 Å². The number of nitrogens with zero attached hydrogens (tertiary/aromatic N) is 2. The van der Waals surface area contributed by atoms with Crippen LogP contribution < -0.4 is 10.6 Å². The zero-order valence-electron chi connectivity index (χ0n) is 9.74. The summed E-state index contributed by atoms with van der Waals surface area (Å²) >= 11 is 0. The van der Waals surface area contributed by atoms with E-state index in [1.54, 1.807) is 13.1 Å². The predicted octanol–water partition coefficient (Wildman–Crippen LogP) is 2.41. The number of aromatic nitrogens is 2. The van der Waals surface area contributed by atoms with E-state index in [1.165, 1.54) is 24.5 Å². The van der Waals surface area contributed by atoms with Crippen molar-refractivity contribution in [1.29, 1.82) is 0 Å². The Balaban J connectivity index is 2.11. The zero-order valence-corrected chi connectivity index (χ0v) is 9.74. The SMILES string of the molecule is CNc1cc(NCc2c(F)cccc2F)ncn1. The first-order chi connectivity index (χ1) is 8.70. The van der Waals surface area contributed by atoms with Gasteiger partial charge in [0.15, 0.2) is 0 Å². The maximum Gasteiger partial charge on any atom is 0.131 e. The molecule has 2 aromatic rings. The van der Waals surface area contributed by atoms with Gasteiger partial charge in [-0.15, -0.1) is 0 Å². The molecule has 0 aliphatic rings. The molecule has 94 valence electrons. The summed E-state index contributed by atoms with van der Waals surface area (Å²) in [4.78, 5) is 7.89. The van der Waals surface area contributed by atoms with Crippen molar-refractivity contribution in [3.05, 3.63) is 47.8 Å². The summed E-state index contributed by atoms with van der Waals surface area (Å²) < 4.78 is 26.7. The van der Waals surface area contributed by atoms with E-state index in [4.69, 9.17) is 0 Å². The number of hydrogen-bond acceptors (Lipinski definition) is 4. The standard InChI is InChI=1S/C12H12F2N4/c1-15-11-5-12(18-7-17-11)16-6-8-9(13)3-2-4-10(8)14/h2-5,7H,6H2,1H3,(H2,15,16,17,18). The van der Waals surface area contributed by atoms with E-state index in [0.717, 1.165) is 0 Å². The Bertz CT molecular complexity index is 525. The van der Waals surface area contributed by atoms with E-state index < -0.39 is 11.6 Å². The first-order valence-electron chi connectivity index (χ1n) is 5.37. The van der Waals surface area contributed by atoms with Gasteiger partial charge >= 0.3 is 0 Å². The zero-order chi connectivity index (χ0) is 13.0. The van der Waals surface area contributed by atoms with Crippen LogP contribution in [0.5, 0.6) is 0 Å². The summed E-state index contributed by atoms with van der Waals surface area (Å²) in [6.45, 7) is 0.0265. The molecule has 6 heteroatoms. The second kappa shape index (κ2) is 5.39. The Kier molecular flexibility index (Phi) is 3.66. The molecular formula is C12H12F2N4. The first kappa shape index (κ1) is 12.2. The lowest BCUT2D eigenvalue weighted by atomic mass is 10.2. The predicted molar refractivity (Wildman–Crippen MR) is 65.3 cm³/mol. The van der Waals surface area contributed by atoms with Crippen molar-refractivity contribution < 1.29 is 8.78 Å². The Morgan fingerprint density at radius 1 is 1.11 bits per heavy atom. The Labute approximate surface area is 103 Å². The molecule has 0 atom stereocenters. The van der Waals surface area contributed by atoms with Crippen LogP contribution in [-0.4, -0.2) is 17.0 Å². The van der Waals surface area contributed by atoms with Crippen LogP contribution in [0.25, 0.3) is 0 Å². The largest absolute Gasteiger partial charge is 0.373 e. The summed E-state index contributed by atoms with van der Waals surface area (Å²) in [7, 11) is 1.72. The van der Waals surface area contributed by atoms with Gasteiger partial charge in [-0.25, -0.2) is 18.7 Å². The highest BCUT2D eigenvalue weighted by Crippen LogP contribution is 2.14. The minimum absolute atomic E-state index is 0.0119. The smallest absolute Gasteiger partial charge is 0.131 e. The molecular weight excluding hydrogens is 238 g/mol. The maximum absolute atomic E-state index is 13.4. The topological polar surface area (TPSA) is 49.8 Å². The van der Waals surface area contributed by atoms with E-state index >= 15 is 0 Å². The summed E-state index contributed by atoms with van der Waals surface area (Å²) in [6, 6.07) is 5.43. The molecule has 0 unspecified atom stereocenters. The second-order valence-electron chi connectivity index (χ2n) is 3.59. The van der Waals surface area contributed by atoms with E-state index in [2.05, 4.69) is 20.6 Å². The van der Waals surface area contributed by atoms with Gasteiger partial charge in [0.05, 0.1) is 0 Å². The van der Waals surface area contributed by atoms with E-state index in [1.807, 2.05) is 0 Å². The minimum Gasteiger partial charge on any atom is -0.373 e. The molecule has 2 N–H and O–H groups in total. The van der Waals surface area contributed by atoms with E-state index in [0.29, 0.717) is 11.6 Å². The molecule has 0 spiro atoms. The molecule has 0 amide bonds. The van der Waals surface area contributed by atoms with Crippen molar-refractivity contribution in [3.8, 4) is 0 Å². The molecule has 1 aromatic heterocycles. The lowest BCUT2D eigenvalue weighted by Crippen LogP contribution is -2.06. The average Bonchev–Trinajstić information content (AvgIpc) is 2.38. The molecule has 1 aromatic carbocycles. The molecule has 18 heavy (non-hydrogen) atoms.